The van der Waals surface area contributed by atoms with Crippen molar-refractivity contribution >= 4 is 0 Å². The average Bonchev–Trinajstić information content (AvgIpc) is 1.61. The van der Waals surface area contributed by atoms with Crippen LogP contribution in [0.15, 0.2) is 12.2 Å². The van der Waals surface area contributed by atoms with Crippen LogP contribution >= 0.6 is 0 Å². The topological polar surface area (TPSA) is 0 Å². The maximum atomic E-state index is 5.02. The van der Waals surface area contributed by atoms with Gasteiger partial charge in [0.25, 0.3) is 0 Å². The fourth-order valence-electron chi connectivity index (χ4n) is 0.186. The summed E-state index contributed by atoms with van der Waals surface area (Å²) in [5.41, 5.74) is 0. The molecule has 0 atom stereocenters. The molecule has 0 saturated heterocycles. The van der Waals surface area contributed by atoms with E-state index in [2.05, 4.69) is 6.08 Å². The van der Waals surface area contributed by atoms with Crippen molar-refractivity contribution in [2.24, 2.45) is 0 Å². The maximum absolute atomic E-state index is 5.02. The summed E-state index contributed by atoms with van der Waals surface area (Å²) < 4.78 is 0. The van der Waals surface area contributed by atoms with Crippen molar-refractivity contribution in [3.05, 3.63) is 24.8 Å². The lowest BCUT2D eigenvalue weighted by Gasteiger charge is -1.68. The smallest absolute Gasteiger partial charge is 0.0160 e. The van der Waals surface area contributed by atoms with Crippen molar-refractivity contribution in [3.8, 4) is 0 Å². The predicted octanol–water partition coefficient (Wildman–Crippen LogP) is 1.74. The van der Waals surface area contributed by atoms with Gasteiger partial charge in [0.15, 0.2) is 0 Å². The van der Waals surface area contributed by atoms with E-state index in [9.17, 15) is 0 Å². The van der Waals surface area contributed by atoms with Gasteiger partial charge in [-0.25, -0.2) is 0 Å². The molecule has 0 spiro atoms. The second-order valence-electron chi connectivity index (χ2n) is 0.964. The van der Waals surface area contributed by atoms with Gasteiger partial charge in [0, 0.05) is 0 Å². The minimum absolute atomic E-state index is 0.830. The highest BCUT2D eigenvalue weighted by atomic mass is 13.6. The first kappa shape index (κ1) is 5.48. The lowest BCUT2D eigenvalue weighted by atomic mass is 10.4. The molecule has 0 aliphatic rings. The first-order valence-corrected chi connectivity index (χ1v) is 1.94. The van der Waals surface area contributed by atoms with Crippen molar-refractivity contribution in [3.63, 3.8) is 0 Å². The highest BCUT2D eigenvalue weighted by Crippen LogP contribution is 1.77. The van der Waals surface area contributed by atoms with Gasteiger partial charge < -0.3 is 0 Å². The van der Waals surface area contributed by atoms with Gasteiger partial charge in [0.05, 0.1) is 0 Å². The van der Waals surface area contributed by atoms with E-state index in [1.54, 1.807) is 6.08 Å². The monoisotopic (exact) mass is 80.1 g/mol. The first-order valence-electron chi connectivity index (χ1n) is 1.94. The molecule has 0 fully saturated rings. The largest absolute Gasteiger partial charge is 0.0807 e. The molecule has 0 rings (SSSR count). The molecule has 0 amide bonds. The molecule has 0 aromatic heterocycles. The van der Waals surface area contributed by atoms with Crippen LogP contribution in [0, 0.1) is 12.7 Å². The van der Waals surface area contributed by atoms with Crippen molar-refractivity contribution in [1.29, 1.82) is 0 Å². The van der Waals surface area contributed by atoms with E-state index in [-0.39, 0.29) is 0 Å². The average molecular weight is 80.1 g/mol. The first-order chi connectivity index (χ1) is 2.91. The summed E-state index contributed by atoms with van der Waals surface area (Å²) in [7, 11) is 0. The minimum atomic E-state index is 0.830. The Hall–Kier alpha value is -0.520. The molecular formula is C6H8. The summed E-state index contributed by atoms with van der Waals surface area (Å²) in [6.07, 6.45) is 7.13. The summed E-state index contributed by atoms with van der Waals surface area (Å²) in [5.74, 6) is 0. The summed E-state index contributed by atoms with van der Waals surface area (Å²) in [4.78, 5) is 0. The summed E-state index contributed by atoms with van der Waals surface area (Å²) >= 11 is 0. The quantitative estimate of drug-likeness (QED) is 0.474. The van der Waals surface area contributed by atoms with Crippen LogP contribution in [0.5, 0.6) is 0 Å². The molecule has 0 bridgehead atoms. The van der Waals surface area contributed by atoms with Crippen LogP contribution in [0.3, 0.4) is 0 Å². The fraction of sp³-hybridized carbons (Fsp3) is 0.333. The Balaban J connectivity index is 2.85. The van der Waals surface area contributed by atoms with E-state index in [0.717, 1.165) is 6.42 Å². The van der Waals surface area contributed by atoms with Gasteiger partial charge in [0.1, 0.15) is 0 Å². The van der Waals surface area contributed by atoms with Gasteiger partial charge in [-0.2, -0.15) is 0 Å². The lowest BCUT2D eigenvalue weighted by molar-refractivity contribution is 1.37. The van der Waals surface area contributed by atoms with E-state index in [1.165, 1.54) is 0 Å². The van der Waals surface area contributed by atoms with Crippen LogP contribution in [0.25, 0.3) is 0 Å². The molecule has 0 aliphatic heterocycles. The Labute approximate surface area is 39.2 Å². The second kappa shape index (κ2) is 4.48. The SMILES string of the molecule is [CH]=CC/C=[C]/C. The van der Waals surface area contributed by atoms with Gasteiger partial charge >= 0.3 is 0 Å². The van der Waals surface area contributed by atoms with Gasteiger partial charge in [0.2, 0.25) is 0 Å². The molecule has 0 aromatic rings. The highest BCUT2D eigenvalue weighted by molar-refractivity contribution is 4.79. The summed E-state index contributed by atoms with van der Waals surface area (Å²) in [6.45, 7) is 6.87. The van der Waals surface area contributed by atoms with Gasteiger partial charge in [-0.05, 0) is 13.3 Å². The molecule has 0 aromatic carbocycles. The van der Waals surface area contributed by atoms with E-state index in [0.29, 0.717) is 0 Å². The molecule has 0 aliphatic carbocycles. The molecular weight excluding hydrogens is 72.1 g/mol. The fourth-order valence-corrected chi connectivity index (χ4v) is 0.186. The molecule has 0 saturated carbocycles. The number of allylic oxidation sites excluding steroid dienone is 3. The zero-order valence-electron chi connectivity index (χ0n) is 3.94. The molecule has 0 heterocycles. The molecule has 2 radical (unpaired) electrons. The van der Waals surface area contributed by atoms with Gasteiger partial charge in [-0.1, -0.05) is 24.8 Å². The number of rotatable bonds is 2. The van der Waals surface area contributed by atoms with Crippen molar-refractivity contribution < 1.29 is 0 Å². The van der Waals surface area contributed by atoms with Crippen LogP contribution in [0.4, 0.5) is 0 Å². The van der Waals surface area contributed by atoms with Gasteiger partial charge in [-0.3, -0.25) is 0 Å². The van der Waals surface area contributed by atoms with Crippen LogP contribution in [-0.4, -0.2) is 0 Å². The molecule has 0 unspecified atom stereocenters. The molecule has 6 heavy (non-hydrogen) atoms. The summed E-state index contributed by atoms with van der Waals surface area (Å²) in [5, 5.41) is 0. The van der Waals surface area contributed by atoms with Crippen LogP contribution in [0.2, 0.25) is 0 Å². The standard InChI is InChI=1S/C6H8/c1-3-5-6-4-2/h1,3,6H,5H2,2H3. The third-order valence-electron chi connectivity index (χ3n) is 0.458. The molecule has 0 nitrogen and oxygen atoms in total. The normalized spacial score (nSPS) is 9.50. The highest BCUT2D eigenvalue weighted by Gasteiger charge is 1.58. The van der Waals surface area contributed by atoms with Crippen molar-refractivity contribution in [1.82, 2.24) is 0 Å². The zero-order valence-corrected chi connectivity index (χ0v) is 3.94. The third-order valence-corrected chi connectivity index (χ3v) is 0.458. The third kappa shape index (κ3) is 3.48. The Morgan fingerprint density at radius 2 is 2.50 bits per heavy atom. The van der Waals surface area contributed by atoms with Crippen molar-refractivity contribution in [2.45, 2.75) is 13.3 Å². The van der Waals surface area contributed by atoms with Crippen LogP contribution in [-0.2, 0) is 0 Å². The minimum Gasteiger partial charge on any atom is -0.0807 e. The predicted molar refractivity (Wildman–Crippen MR) is 27.0 cm³/mol. The van der Waals surface area contributed by atoms with Crippen LogP contribution in [0.1, 0.15) is 13.3 Å². The Morgan fingerprint density at radius 3 is 2.67 bits per heavy atom. The van der Waals surface area contributed by atoms with E-state index in [1.807, 2.05) is 13.0 Å². The molecule has 0 heteroatoms. The number of hydrogen-bond donors (Lipinski definition) is 0. The Bertz CT molecular complexity index is 51.1. The lowest BCUT2D eigenvalue weighted by Crippen LogP contribution is -1.49. The van der Waals surface area contributed by atoms with E-state index >= 15 is 0 Å². The van der Waals surface area contributed by atoms with E-state index < -0.39 is 0 Å². The number of hydrogen-bond acceptors (Lipinski definition) is 0. The maximum Gasteiger partial charge on any atom is -0.0160 e. The van der Waals surface area contributed by atoms with Gasteiger partial charge in [-0.15, -0.1) is 0 Å². The van der Waals surface area contributed by atoms with Crippen molar-refractivity contribution in [2.75, 3.05) is 0 Å². The van der Waals surface area contributed by atoms with E-state index in [4.69, 9.17) is 6.58 Å². The molecule has 0 N–H and O–H groups in total. The second-order valence-corrected chi connectivity index (χ2v) is 0.964. The zero-order chi connectivity index (χ0) is 4.83. The molecule has 32 valence electrons. The van der Waals surface area contributed by atoms with Crippen LogP contribution < -0.4 is 0 Å². The Kier molecular flexibility index (Phi) is 4.09. The summed E-state index contributed by atoms with van der Waals surface area (Å²) in [6, 6.07) is 0. The Morgan fingerprint density at radius 1 is 1.83 bits per heavy atom.